The highest BCUT2D eigenvalue weighted by molar-refractivity contribution is 7.92. The second-order valence-corrected chi connectivity index (χ2v) is 12.2. The molecule has 9 nitrogen and oxygen atoms in total. The Morgan fingerprint density at radius 3 is 2.34 bits per heavy atom. The zero-order valence-electron chi connectivity index (χ0n) is 21.9. The molecule has 1 aliphatic rings. The van der Waals surface area contributed by atoms with E-state index in [-0.39, 0.29) is 50.5 Å². The van der Waals surface area contributed by atoms with Crippen molar-refractivity contribution >= 4 is 50.7 Å². The van der Waals surface area contributed by atoms with Gasteiger partial charge in [0.2, 0.25) is 28.6 Å². The number of carbonyl (C=O) groups excluding carboxylic acids is 2. The van der Waals surface area contributed by atoms with Crippen LogP contribution in [-0.2, 0) is 26.2 Å². The van der Waals surface area contributed by atoms with Crippen LogP contribution < -0.4 is 19.1 Å². The summed E-state index contributed by atoms with van der Waals surface area (Å²) in [4.78, 5) is 27.7. The number of ether oxygens (including phenoxy) is 2. The minimum Gasteiger partial charge on any atom is -0.454 e. The van der Waals surface area contributed by atoms with Crippen molar-refractivity contribution in [1.82, 2.24) is 10.2 Å². The molecular formula is C26H33Cl2N3O6S. The number of nitrogens with zero attached hydrogens (tertiary/aromatic N) is 2. The number of carbonyl (C=O) groups is 2. The highest BCUT2D eigenvalue weighted by Crippen LogP contribution is 2.36. The third-order valence-electron chi connectivity index (χ3n) is 6.04. The molecule has 0 bridgehead atoms. The molecule has 38 heavy (non-hydrogen) atoms. The summed E-state index contributed by atoms with van der Waals surface area (Å²) < 4.78 is 37.0. The molecular weight excluding hydrogens is 553 g/mol. The molecule has 0 aromatic heterocycles. The smallest absolute Gasteiger partial charge is 0.242 e. The number of halogens is 2. The summed E-state index contributed by atoms with van der Waals surface area (Å²) in [5.74, 6) is 0.611. The van der Waals surface area contributed by atoms with Crippen LogP contribution in [0.15, 0.2) is 36.4 Å². The molecule has 1 atom stereocenters. The Morgan fingerprint density at radius 2 is 1.71 bits per heavy atom. The van der Waals surface area contributed by atoms with Gasteiger partial charge < -0.3 is 19.7 Å². The van der Waals surface area contributed by atoms with Crippen molar-refractivity contribution in [3.05, 3.63) is 52.0 Å². The molecule has 0 aliphatic carbocycles. The lowest BCUT2D eigenvalue weighted by molar-refractivity contribution is -0.140. The molecule has 208 valence electrons. The van der Waals surface area contributed by atoms with Crippen LogP contribution in [0.1, 0.15) is 39.2 Å². The lowest BCUT2D eigenvalue weighted by Gasteiger charge is -2.30. The summed E-state index contributed by atoms with van der Waals surface area (Å²) in [5, 5.41) is 3.63. The molecule has 0 fully saturated rings. The Balaban J connectivity index is 1.76. The number of amides is 2. The number of fused-ring (bicyclic) bond motifs is 1. The van der Waals surface area contributed by atoms with Gasteiger partial charge in [-0.1, -0.05) is 43.1 Å². The second kappa shape index (κ2) is 12.9. The summed E-state index contributed by atoms with van der Waals surface area (Å²) in [6, 6.07) is 9.12. The lowest BCUT2D eigenvalue weighted by atomic mass is 10.1. The van der Waals surface area contributed by atoms with Crippen LogP contribution in [0.5, 0.6) is 11.5 Å². The van der Waals surface area contributed by atoms with Crippen LogP contribution in [0.25, 0.3) is 0 Å². The molecule has 3 rings (SSSR count). The Labute approximate surface area is 234 Å². The zero-order chi connectivity index (χ0) is 28.0. The first-order valence-electron chi connectivity index (χ1n) is 12.3. The van der Waals surface area contributed by atoms with E-state index in [0.29, 0.717) is 39.3 Å². The van der Waals surface area contributed by atoms with E-state index >= 15 is 0 Å². The van der Waals surface area contributed by atoms with Gasteiger partial charge in [0.25, 0.3) is 0 Å². The number of sulfonamides is 1. The molecule has 0 saturated heterocycles. The Bertz CT molecular complexity index is 1250. The fourth-order valence-electron chi connectivity index (χ4n) is 3.93. The van der Waals surface area contributed by atoms with Gasteiger partial charge in [-0.15, -0.1) is 0 Å². The van der Waals surface area contributed by atoms with Crippen molar-refractivity contribution in [3.63, 3.8) is 0 Å². The second-order valence-electron chi connectivity index (χ2n) is 9.51. The minimum absolute atomic E-state index is 0.000441. The van der Waals surface area contributed by atoms with Crippen molar-refractivity contribution in [3.8, 4) is 11.5 Å². The van der Waals surface area contributed by atoms with Crippen LogP contribution in [0.3, 0.4) is 0 Å². The number of benzene rings is 2. The van der Waals surface area contributed by atoms with Crippen molar-refractivity contribution < 1.29 is 27.5 Å². The van der Waals surface area contributed by atoms with Gasteiger partial charge >= 0.3 is 0 Å². The molecule has 12 heteroatoms. The predicted molar refractivity (Wildman–Crippen MR) is 148 cm³/mol. The van der Waals surface area contributed by atoms with Gasteiger partial charge in [0.15, 0.2) is 11.5 Å². The Morgan fingerprint density at radius 1 is 1.05 bits per heavy atom. The van der Waals surface area contributed by atoms with Gasteiger partial charge in [-0.3, -0.25) is 13.9 Å². The van der Waals surface area contributed by atoms with E-state index < -0.39 is 16.1 Å². The average molecular weight is 587 g/mol. The molecule has 2 aromatic carbocycles. The van der Waals surface area contributed by atoms with Crippen molar-refractivity contribution in [2.24, 2.45) is 5.92 Å². The van der Waals surface area contributed by atoms with E-state index in [1.54, 1.807) is 43.3 Å². The van der Waals surface area contributed by atoms with Gasteiger partial charge in [-0.05, 0) is 43.5 Å². The quantitative estimate of drug-likeness (QED) is 0.394. The molecule has 0 unspecified atom stereocenters. The standard InChI is InChI=1S/C26H33Cl2N3O6S/c1-17(2)14-29-26(33)18(3)30(15-20-21(27)7-5-8-22(20)28)25(32)9-6-12-31(38(4,34)35)19-10-11-23-24(13-19)37-16-36-23/h5,7-8,10-11,13,17-18H,6,9,12,14-16H2,1-4H3,(H,29,33)/t18-/m1/s1. The highest BCUT2D eigenvalue weighted by Gasteiger charge is 2.28. The van der Waals surface area contributed by atoms with E-state index in [1.165, 1.54) is 9.21 Å². The van der Waals surface area contributed by atoms with Gasteiger partial charge in [0, 0.05) is 47.7 Å². The first-order chi connectivity index (χ1) is 17.9. The molecule has 1 heterocycles. The average Bonchev–Trinajstić information content (AvgIpc) is 3.31. The Kier molecular flexibility index (Phi) is 10.1. The molecule has 0 spiro atoms. The topological polar surface area (TPSA) is 105 Å². The molecule has 1 aliphatic heterocycles. The van der Waals surface area contributed by atoms with Crippen LogP contribution in [0.2, 0.25) is 10.0 Å². The third-order valence-corrected chi connectivity index (χ3v) is 7.94. The van der Waals surface area contributed by atoms with Crippen LogP contribution in [-0.4, -0.2) is 57.3 Å². The Hall–Kier alpha value is -2.69. The molecule has 2 amide bonds. The number of rotatable bonds is 12. The maximum atomic E-state index is 13.4. The molecule has 2 aromatic rings. The fourth-order valence-corrected chi connectivity index (χ4v) is 5.41. The monoisotopic (exact) mass is 585 g/mol. The largest absolute Gasteiger partial charge is 0.454 e. The summed E-state index contributed by atoms with van der Waals surface area (Å²) in [5.41, 5.74) is 0.941. The van der Waals surface area contributed by atoms with E-state index in [0.717, 1.165) is 6.26 Å². The highest BCUT2D eigenvalue weighted by atomic mass is 35.5. The minimum atomic E-state index is -3.65. The number of nitrogens with one attached hydrogen (secondary N) is 1. The van der Waals surface area contributed by atoms with Crippen LogP contribution in [0, 0.1) is 5.92 Å². The van der Waals surface area contributed by atoms with E-state index in [4.69, 9.17) is 32.7 Å². The normalized spacial score (nSPS) is 13.3. The number of anilines is 1. The van der Waals surface area contributed by atoms with Gasteiger partial charge in [0.1, 0.15) is 6.04 Å². The molecule has 0 saturated carbocycles. The lowest BCUT2D eigenvalue weighted by Crippen LogP contribution is -2.48. The van der Waals surface area contributed by atoms with E-state index in [1.807, 2.05) is 13.8 Å². The summed E-state index contributed by atoms with van der Waals surface area (Å²) in [6.45, 7) is 6.23. The van der Waals surface area contributed by atoms with Crippen LogP contribution in [0.4, 0.5) is 5.69 Å². The van der Waals surface area contributed by atoms with Gasteiger partial charge in [0.05, 0.1) is 11.9 Å². The summed E-state index contributed by atoms with van der Waals surface area (Å²) in [7, 11) is -3.65. The molecule has 1 N–H and O–H groups in total. The molecule has 0 radical (unpaired) electrons. The van der Waals surface area contributed by atoms with Crippen molar-refractivity contribution in [2.75, 3.05) is 30.4 Å². The van der Waals surface area contributed by atoms with Crippen LogP contribution >= 0.6 is 23.2 Å². The van der Waals surface area contributed by atoms with Gasteiger partial charge in [-0.25, -0.2) is 8.42 Å². The SMILES string of the molecule is CC(C)CNC(=O)[C@@H](C)N(Cc1c(Cl)cccc1Cl)C(=O)CCCN(c1ccc2c(c1)OCO2)S(C)(=O)=O. The van der Waals surface area contributed by atoms with E-state index in [2.05, 4.69) is 5.32 Å². The zero-order valence-corrected chi connectivity index (χ0v) is 24.2. The van der Waals surface area contributed by atoms with Crippen molar-refractivity contribution in [1.29, 1.82) is 0 Å². The maximum absolute atomic E-state index is 13.4. The third kappa shape index (κ3) is 7.68. The summed E-state index contributed by atoms with van der Waals surface area (Å²) >= 11 is 12.7. The summed E-state index contributed by atoms with van der Waals surface area (Å²) in [6.07, 6.45) is 1.32. The predicted octanol–water partition coefficient (Wildman–Crippen LogP) is 4.46. The van der Waals surface area contributed by atoms with Crippen molar-refractivity contribution in [2.45, 2.75) is 46.2 Å². The fraction of sp³-hybridized carbons (Fsp3) is 0.462. The maximum Gasteiger partial charge on any atom is 0.242 e. The van der Waals surface area contributed by atoms with Gasteiger partial charge in [-0.2, -0.15) is 0 Å². The first-order valence-corrected chi connectivity index (χ1v) is 14.9. The first kappa shape index (κ1) is 29.9. The van der Waals surface area contributed by atoms with E-state index in [9.17, 15) is 18.0 Å². The number of hydrogen-bond acceptors (Lipinski definition) is 6. The number of hydrogen-bond donors (Lipinski definition) is 1.